The first-order valence-corrected chi connectivity index (χ1v) is 6.92. The van der Waals surface area contributed by atoms with Crippen LogP contribution in [-0.4, -0.2) is 11.9 Å². The second kappa shape index (κ2) is 6.56. The molecule has 2 rings (SSSR count). The van der Waals surface area contributed by atoms with E-state index in [2.05, 4.69) is 31.0 Å². The fraction of sp³-hybridized carbons (Fsp3) is 0.235. The number of hydrogen-bond donors (Lipinski definition) is 0. The number of halogens is 1. The summed E-state index contributed by atoms with van der Waals surface area (Å²) >= 11 is 6.04. The van der Waals surface area contributed by atoms with Crippen LogP contribution in [0.4, 0.5) is 0 Å². The summed E-state index contributed by atoms with van der Waals surface area (Å²) in [4.78, 5) is 2.24. The molecule has 0 aliphatic heterocycles. The summed E-state index contributed by atoms with van der Waals surface area (Å²) < 4.78 is 0. The minimum Gasteiger partial charge on any atom is -0.295 e. The Morgan fingerprint density at radius 3 is 2.65 bits per heavy atom. The van der Waals surface area contributed by atoms with Crippen LogP contribution in [-0.2, 0) is 6.54 Å². The lowest BCUT2D eigenvalue weighted by atomic mass is 10.1. The van der Waals surface area contributed by atoms with Crippen LogP contribution in [0.3, 0.4) is 0 Å². The van der Waals surface area contributed by atoms with E-state index in [1.807, 2.05) is 42.5 Å². The zero-order chi connectivity index (χ0) is 14.5. The lowest BCUT2D eigenvalue weighted by molar-refractivity contribution is 0.253. The van der Waals surface area contributed by atoms with Gasteiger partial charge in [-0.15, -0.1) is 0 Å². The van der Waals surface area contributed by atoms with Gasteiger partial charge >= 0.3 is 0 Å². The lowest BCUT2D eigenvalue weighted by Crippen LogP contribution is -2.21. The van der Waals surface area contributed by atoms with Gasteiger partial charge in [-0.1, -0.05) is 35.9 Å². The maximum atomic E-state index is 8.94. The van der Waals surface area contributed by atoms with E-state index in [-0.39, 0.29) is 6.04 Å². The second-order valence-electron chi connectivity index (χ2n) is 4.96. The van der Waals surface area contributed by atoms with Gasteiger partial charge in [-0.3, -0.25) is 4.90 Å². The Kier molecular flexibility index (Phi) is 4.79. The summed E-state index contributed by atoms with van der Waals surface area (Å²) in [7, 11) is 2.07. The standard InChI is InChI=1S/C17H17ClN2/c1-13(16-7-4-8-17(18)10-16)20(2)12-15-6-3-5-14(9-15)11-19/h3-10,13H,12H2,1-2H3. The molecule has 0 saturated heterocycles. The van der Waals surface area contributed by atoms with Crippen LogP contribution in [0.5, 0.6) is 0 Å². The Bertz CT molecular complexity index is 631. The van der Waals surface area contributed by atoms with Gasteiger partial charge in [-0.25, -0.2) is 0 Å². The van der Waals surface area contributed by atoms with Crippen molar-refractivity contribution < 1.29 is 0 Å². The second-order valence-corrected chi connectivity index (χ2v) is 5.39. The molecule has 0 saturated carbocycles. The van der Waals surface area contributed by atoms with E-state index in [4.69, 9.17) is 16.9 Å². The summed E-state index contributed by atoms with van der Waals surface area (Å²) in [5.74, 6) is 0. The molecule has 2 aromatic carbocycles. The molecule has 2 aromatic rings. The predicted octanol–water partition coefficient (Wildman–Crippen LogP) is 4.40. The van der Waals surface area contributed by atoms with E-state index in [1.54, 1.807) is 0 Å². The molecule has 0 aromatic heterocycles. The molecule has 0 spiro atoms. The van der Waals surface area contributed by atoms with Crippen LogP contribution in [0.15, 0.2) is 48.5 Å². The highest BCUT2D eigenvalue weighted by Gasteiger charge is 2.12. The average molecular weight is 285 g/mol. The van der Waals surface area contributed by atoms with E-state index in [9.17, 15) is 0 Å². The SMILES string of the molecule is CC(c1cccc(Cl)c1)N(C)Cc1cccc(C#N)c1. The lowest BCUT2D eigenvalue weighted by Gasteiger charge is -2.25. The van der Waals surface area contributed by atoms with E-state index in [0.717, 1.165) is 17.1 Å². The van der Waals surface area contributed by atoms with Gasteiger partial charge in [0, 0.05) is 17.6 Å². The Morgan fingerprint density at radius 1 is 1.20 bits per heavy atom. The maximum absolute atomic E-state index is 8.94. The van der Waals surface area contributed by atoms with Gasteiger partial charge in [-0.05, 0) is 49.4 Å². The van der Waals surface area contributed by atoms with Crippen molar-refractivity contribution in [3.05, 3.63) is 70.2 Å². The molecule has 0 radical (unpaired) electrons. The van der Waals surface area contributed by atoms with Crippen molar-refractivity contribution in [2.24, 2.45) is 0 Å². The van der Waals surface area contributed by atoms with Crippen LogP contribution in [0.2, 0.25) is 5.02 Å². The highest BCUT2D eigenvalue weighted by atomic mass is 35.5. The molecule has 0 amide bonds. The first-order chi connectivity index (χ1) is 9.60. The Balaban J connectivity index is 2.11. The quantitative estimate of drug-likeness (QED) is 0.832. The third-order valence-electron chi connectivity index (χ3n) is 3.48. The molecule has 0 heterocycles. The molecule has 1 unspecified atom stereocenters. The smallest absolute Gasteiger partial charge is 0.0991 e. The van der Waals surface area contributed by atoms with Crippen molar-refractivity contribution in [2.75, 3.05) is 7.05 Å². The van der Waals surface area contributed by atoms with Crippen molar-refractivity contribution in [2.45, 2.75) is 19.5 Å². The Hall–Kier alpha value is -1.82. The van der Waals surface area contributed by atoms with Gasteiger partial charge in [0.05, 0.1) is 11.6 Å². The van der Waals surface area contributed by atoms with E-state index in [1.165, 1.54) is 5.56 Å². The van der Waals surface area contributed by atoms with Crippen LogP contribution in [0, 0.1) is 11.3 Å². The third kappa shape index (κ3) is 3.60. The van der Waals surface area contributed by atoms with E-state index >= 15 is 0 Å². The molecular weight excluding hydrogens is 268 g/mol. The highest BCUT2D eigenvalue weighted by molar-refractivity contribution is 6.30. The fourth-order valence-corrected chi connectivity index (χ4v) is 2.38. The molecule has 1 atom stereocenters. The number of rotatable bonds is 4. The topological polar surface area (TPSA) is 27.0 Å². The van der Waals surface area contributed by atoms with Crippen molar-refractivity contribution >= 4 is 11.6 Å². The molecule has 0 fully saturated rings. The third-order valence-corrected chi connectivity index (χ3v) is 3.72. The Labute approximate surface area is 125 Å². The number of hydrogen-bond acceptors (Lipinski definition) is 2. The van der Waals surface area contributed by atoms with E-state index < -0.39 is 0 Å². The molecule has 0 aliphatic rings. The van der Waals surface area contributed by atoms with Crippen LogP contribution in [0.1, 0.15) is 29.7 Å². The summed E-state index contributed by atoms with van der Waals surface area (Å²) in [6.07, 6.45) is 0. The minimum atomic E-state index is 0.263. The molecule has 0 aliphatic carbocycles. The highest BCUT2D eigenvalue weighted by Crippen LogP contribution is 2.23. The zero-order valence-electron chi connectivity index (χ0n) is 11.7. The largest absolute Gasteiger partial charge is 0.295 e. The van der Waals surface area contributed by atoms with Crippen molar-refractivity contribution in [1.29, 1.82) is 5.26 Å². The fourth-order valence-electron chi connectivity index (χ4n) is 2.19. The van der Waals surface area contributed by atoms with Gasteiger partial charge in [0.15, 0.2) is 0 Å². The minimum absolute atomic E-state index is 0.263. The maximum Gasteiger partial charge on any atom is 0.0991 e. The van der Waals surface area contributed by atoms with Gasteiger partial charge in [0.2, 0.25) is 0 Å². The van der Waals surface area contributed by atoms with Crippen LogP contribution < -0.4 is 0 Å². The predicted molar refractivity (Wildman–Crippen MR) is 82.5 cm³/mol. The molecule has 102 valence electrons. The van der Waals surface area contributed by atoms with Crippen LogP contribution in [0.25, 0.3) is 0 Å². The molecule has 0 N–H and O–H groups in total. The first-order valence-electron chi connectivity index (χ1n) is 6.55. The number of benzene rings is 2. The summed E-state index contributed by atoms with van der Waals surface area (Å²) in [5, 5.41) is 9.69. The average Bonchev–Trinajstić information content (AvgIpc) is 2.46. The van der Waals surface area contributed by atoms with Gasteiger partial charge in [-0.2, -0.15) is 5.26 Å². The molecule has 20 heavy (non-hydrogen) atoms. The Morgan fingerprint density at radius 2 is 1.95 bits per heavy atom. The number of nitriles is 1. The van der Waals surface area contributed by atoms with Crippen molar-refractivity contribution in [1.82, 2.24) is 4.90 Å². The van der Waals surface area contributed by atoms with Gasteiger partial charge in [0.25, 0.3) is 0 Å². The van der Waals surface area contributed by atoms with Gasteiger partial charge < -0.3 is 0 Å². The number of nitrogens with zero attached hydrogens (tertiary/aromatic N) is 2. The first kappa shape index (κ1) is 14.6. The summed E-state index contributed by atoms with van der Waals surface area (Å²) in [6, 6.07) is 18.1. The van der Waals surface area contributed by atoms with Crippen molar-refractivity contribution in [3.63, 3.8) is 0 Å². The van der Waals surface area contributed by atoms with Crippen LogP contribution >= 0.6 is 11.6 Å². The monoisotopic (exact) mass is 284 g/mol. The van der Waals surface area contributed by atoms with Crippen molar-refractivity contribution in [3.8, 4) is 6.07 Å². The molecule has 2 nitrogen and oxygen atoms in total. The summed E-state index contributed by atoms with van der Waals surface area (Å²) in [6.45, 7) is 2.95. The normalized spacial score (nSPS) is 12.2. The molecular formula is C17H17ClN2. The van der Waals surface area contributed by atoms with E-state index in [0.29, 0.717) is 5.56 Å². The molecule has 3 heteroatoms. The summed E-state index contributed by atoms with van der Waals surface area (Å²) in [5.41, 5.74) is 3.03. The van der Waals surface area contributed by atoms with Gasteiger partial charge in [0.1, 0.15) is 0 Å². The zero-order valence-corrected chi connectivity index (χ0v) is 12.4. The molecule has 0 bridgehead atoms.